The molecular formula is C11H18. The van der Waals surface area contributed by atoms with E-state index in [0.29, 0.717) is 5.41 Å². The summed E-state index contributed by atoms with van der Waals surface area (Å²) < 4.78 is 0. The molecule has 0 radical (unpaired) electrons. The highest BCUT2D eigenvalue weighted by Gasteiger charge is 2.27. The van der Waals surface area contributed by atoms with Gasteiger partial charge in [-0.05, 0) is 45.4 Å². The Morgan fingerprint density at radius 1 is 1.27 bits per heavy atom. The van der Waals surface area contributed by atoms with Gasteiger partial charge in [0.2, 0.25) is 0 Å². The lowest BCUT2D eigenvalue weighted by molar-refractivity contribution is 0.244. The second kappa shape index (κ2) is 3.30. The van der Waals surface area contributed by atoms with Crippen molar-refractivity contribution in [1.29, 1.82) is 0 Å². The quantitative estimate of drug-likeness (QED) is 0.465. The molecule has 0 heteroatoms. The summed E-state index contributed by atoms with van der Waals surface area (Å²) in [7, 11) is 0. The van der Waals surface area contributed by atoms with E-state index in [-0.39, 0.29) is 0 Å². The lowest BCUT2D eigenvalue weighted by Gasteiger charge is -2.31. The van der Waals surface area contributed by atoms with Gasteiger partial charge >= 0.3 is 0 Å². The van der Waals surface area contributed by atoms with Crippen LogP contribution in [0.5, 0.6) is 0 Å². The van der Waals surface area contributed by atoms with E-state index in [2.05, 4.69) is 25.7 Å². The van der Waals surface area contributed by atoms with Crippen LogP contribution in [0.1, 0.15) is 46.5 Å². The van der Waals surface area contributed by atoms with E-state index in [9.17, 15) is 0 Å². The molecule has 62 valence electrons. The van der Waals surface area contributed by atoms with E-state index in [0.717, 1.165) is 5.92 Å². The first-order chi connectivity index (χ1) is 5.16. The van der Waals surface area contributed by atoms with E-state index < -0.39 is 0 Å². The number of rotatable bonds is 0. The minimum atomic E-state index is 0.348. The van der Waals surface area contributed by atoms with Crippen LogP contribution >= 0.6 is 0 Å². The SMILES string of the molecule is CC#CC1(C)CCC(C)CC1. The molecule has 0 aliphatic heterocycles. The van der Waals surface area contributed by atoms with Crippen molar-refractivity contribution >= 4 is 0 Å². The Bertz CT molecular complexity index is 172. The summed E-state index contributed by atoms with van der Waals surface area (Å²) in [6, 6.07) is 0. The van der Waals surface area contributed by atoms with Gasteiger partial charge in [-0.3, -0.25) is 0 Å². The van der Waals surface area contributed by atoms with Crippen molar-refractivity contribution in [3.63, 3.8) is 0 Å². The molecule has 0 heterocycles. The van der Waals surface area contributed by atoms with E-state index in [1.165, 1.54) is 25.7 Å². The van der Waals surface area contributed by atoms with Crippen LogP contribution in [0.2, 0.25) is 0 Å². The van der Waals surface area contributed by atoms with Crippen LogP contribution in [0.15, 0.2) is 0 Å². The molecule has 0 saturated heterocycles. The third-order valence-electron chi connectivity index (χ3n) is 2.80. The number of hydrogen-bond acceptors (Lipinski definition) is 0. The molecule has 11 heavy (non-hydrogen) atoms. The summed E-state index contributed by atoms with van der Waals surface area (Å²) in [5, 5.41) is 0. The maximum absolute atomic E-state index is 3.33. The highest BCUT2D eigenvalue weighted by molar-refractivity contribution is 5.09. The van der Waals surface area contributed by atoms with Gasteiger partial charge in [0, 0.05) is 5.41 Å². The third-order valence-corrected chi connectivity index (χ3v) is 2.80. The summed E-state index contributed by atoms with van der Waals surface area (Å²) in [5.74, 6) is 7.31. The first-order valence-corrected chi connectivity index (χ1v) is 4.60. The lowest BCUT2D eigenvalue weighted by atomic mass is 9.73. The van der Waals surface area contributed by atoms with Gasteiger partial charge in [0.1, 0.15) is 0 Å². The first kappa shape index (κ1) is 8.65. The molecule has 0 atom stereocenters. The summed E-state index contributed by atoms with van der Waals surface area (Å²) in [6.07, 6.45) is 5.33. The molecule has 0 amide bonds. The van der Waals surface area contributed by atoms with Gasteiger partial charge in [-0.25, -0.2) is 0 Å². The zero-order valence-corrected chi connectivity index (χ0v) is 7.91. The highest BCUT2D eigenvalue weighted by Crippen LogP contribution is 2.37. The minimum absolute atomic E-state index is 0.348. The third kappa shape index (κ3) is 2.26. The van der Waals surface area contributed by atoms with Gasteiger partial charge in [0.05, 0.1) is 0 Å². The predicted molar refractivity (Wildman–Crippen MR) is 49.2 cm³/mol. The molecule has 1 fully saturated rings. The minimum Gasteiger partial charge on any atom is -0.106 e. The molecule has 0 aromatic carbocycles. The fourth-order valence-corrected chi connectivity index (χ4v) is 1.83. The van der Waals surface area contributed by atoms with Crippen molar-refractivity contribution in [2.45, 2.75) is 46.5 Å². The number of hydrogen-bond donors (Lipinski definition) is 0. The van der Waals surface area contributed by atoms with Crippen LogP contribution < -0.4 is 0 Å². The fraction of sp³-hybridized carbons (Fsp3) is 0.818. The molecule has 1 rings (SSSR count). The molecule has 0 aromatic rings. The molecular weight excluding hydrogens is 132 g/mol. The monoisotopic (exact) mass is 150 g/mol. The average molecular weight is 150 g/mol. The normalized spacial score (nSPS) is 37.5. The maximum Gasteiger partial charge on any atom is 0.0286 e. The van der Waals surface area contributed by atoms with Crippen molar-refractivity contribution < 1.29 is 0 Å². The summed E-state index contributed by atoms with van der Waals surface area (Å²) in [5.41, 5.74) is 0.348. The van der Waals surface area contributed by atoms with E-state index in [4.69, 9.17) is 0 Å². The predicted octanol–water partition coefficient (Wildman–Crippen LogP) is 3.23. The molecule has 1 aliphatic carbocycles. The molecule has 0 spiro atoms. The molecule has 0 nitrogen and oxygen atoms in total. The van der Waals surface area contributed by atoms with Crippen LogP contribution in [0.4, 0.5) is 0 Å². The molecule has 0 aromatic heterocycles. The van der Waals surface area contributed by atoms with Crippen molar-refractivity contribution in [3.05, 3.63) is 0 Å². The summed E-state index contributed by atoms with van der Waals surface area (Å²) in [6.45, 7) is 6.59. The topological polar surface area (TPSA) is 0 Å². The first-order valence-electron chi connectivity index (χ1n) is 4.60. The van der Waals surface area contributed by atoms with Gasteiger partial charge < -0.3 is 0 Å². The Morgan fingerprint density at radius 3 is 2.27 bits per heavy atom. The molecule has 1 saturated carbocycles. The van der Waals surface area contributed by atoms with E-state index >= 15 is 0 Å². The molecule has 1 aliphatic rings. The Morgan fingerprint density at radius 2 is 1.82 bits per heavy atom. The van der Waals surface area contributed by atoms with Crippen LogP contribution in [-0.4, -0.2) is 0 Å². The van der Waals surface area contributed by atoms with Crippen LogP contribution in [0.25, 0.3) is 0 Å². The smallest absolute Gasteiger partial charge is 0.0286 e. The maximum atomic E-state index is 3.33. The Hall–Kier alpha value is -0.440. The van der Waals surface area contributed by atoms with Gasteiger partial charge in [0.25, 0.3) is 0 Å². The van der Waals surface area contributed by atoms with Crippen LogP contribution in [0, 0.1) is 23.2 Å². The fourth-order valence-electron chi connectivity index (χ4n) is 1.83. The zero-order valence-electron chi connectivity index (χ0n) is 7.91. The second-order valence-corrected chi connectivity index (χ2v) is 4.12. The van der Waals surface area contributed by atoms with Crippen molar-refractivity contribution in [2.24, 2.45) is 11.3 Å². The van der Waals surface area contributed by atoms with Crippen molar-refractivity contribution in [2.75, 3.05) is 0 Å². The summed E-state index contributed by atoms with van der Waals surface area (Å²) >= 11 is 0. The largest absolute Gasteiger partial charge is 0.106 e. The average Bonchev–Trinajstić information content (AvgIpc) is 1.97. The lowest BCUT2D eigenvalue weighted by Crippen LogP contribution is -2.21. The zero-order chi connectivity index (χ0) is 8.32. The van der Waals surface area contributed by atoms with Gasteiger partial charge in [-0.2, -0.15) is 0 Å². The van der Waals surface area contributed by atoms with Crippen LogP contribution in [-0.2, 0) is 0 Å². The summed E-state index contributed by atoms with van der Waals surface area (Å²) in [4.78, 5) is 0. The molecule has 0 unspecified atom stereocenters. The highest BCUT2D eigenvalue weighted by atomic mass is 14.3. The second-order valence-electron chi connectivity index (χ2n) is 4.12. The van der Waals surface area contributed by atoms with Gasteiger partial charge in [-0.1, -0.05) is 12.8 Å². The Labute approximate surface area is 70.4 Å². The Balaban J connectivity index is 2.52. The Kier molecular flexibility index (Phi) is 2.60. The van der Waals surface area contributed by atoms with E-state index in [1.54, 1.807) is 0 Å². The van der Waals surface area contributed by atoms with Crippen molar-refractivity contribution in [1.82, 2.24) is 0 Å². The standard InChI is InChI=1S/C11H18/c1-4-7-11(3)8-5-10(2)6-9-11/h10H,5-6,8-9H2,1-3H3. The molecule has 0 bridgehead atoms. The molecule has 0 N–H and O–H groups in total. The van der Waals surface area contributed by atoms with Gasteiger partial charge in [-0.15, -0.1) is 5.92 Å². The van der Waals surface area contributed by atoms with Crippen LogP contribution in [0.3, 0.4) is 0 Å². The van der Waals surface area contributed by atoms with E-state index in [1.807, 2.05) is 6.92 Å². The van der Waals surface area contributed by atoms with Crippen molar-refractivity contribution in [3.8, 4) is 11.8 Å². The van der Waals surface area contributed by atoms with Gasteiger partial charge in [0.15, 0.2) is 0 Å².